The molecule has 13 nitrogen and oxygen atoms in total. The number of nitrogens with two attached hydrogens (primary N) is 1. The van der Waals surface area contributed by atoms with E-state index >= 15 is 0 Å². The Bertz CT molecular complexity index is 708. The highest BCUT2D eigenvalue weighted by Gasteiger charge is 2.31. The van der Waals surface area contributed by atoms with Gasteiger partial charge in [0.2, 0.25) is 17.7 Å². The summed E-state index contributed by atoms with van der Waals surface area (Å²) in [6, 6.07) is -5.36. The Morgan fingerprint density at radius 1 is 0.844 bits per heavy atom. The minimum absolute atomic E-state index is 0.0203. The summed E-state index contributed by atoms with van der Waals surface area (Å²) < 4.78 is 0. The van der Waals surface area contributed by atoms with Crippen LogP contribution in [-0.2, 0) is 28.8 Å². The van der Waals surface area contributed by atoms with E-state index < -0.39 is 79.1 Å². The zero-order chi connectivity index (χ0) is 24.8. The van der Waals surface area contributed by atoms with Crippen molar-refractivity contribution < 1.29 is 44.1 Å². The van der Waals surface area contributed by atoms with Crippen molar-refractivity contribution in [2.45, 2.75) is 49.9 Å². The second-order valence-electron chi connectivity index (χ2n) is 6.62. The number of amides is 3. The molecule has 0 saturated carbocycles. The van der Waals surface area contributed by atoms with Crippen molar-refractivity contribution in [2.75, 3.05) is 17.8 Å². The van der Waals surface area contributed by atoms with Gasteiger partial charge in [0, 0.05) is 12.2 Å². The zero-order valence-electron chi connectivity index (χ0n) is 17.3. The van der Waals surface area contributed by atoms with Crippen molar-refractivity contribution in [1.29, 1.82) is 0 Å². The number of thioether (sulfide) groups is 1. The van der Waals surface area contributed by atoms with E-state index in [1.165, 1.54) is 11.8 Å². The molecule has 4 atom stereocenters. The van der Waals surface area contributed by atoms with Gasteiger partial charge in [-0.3, -0.25) is 24.0 Å². The Hall–Kier alpha value is -2.52. The number of rotatable bonds is 16. The lowest BCUT2D eigenvalue weighted by Crippen LogP contribution is -2.57. The molecule has 3 amide bonds. The SMILES string of the molecule is CSCCC(NC(=O)C(N)CS)C(=O)NC(CCC(=O)O)C(=O)NC(CC(=O)O)C(=O)O. The van der Waals surface area contributed by atoms with Crippen LogP contribution in [0.1, 0.15) is 25.7 Å². The van der Waals surface area contributed by atoms with Gasteiger partial charge in [0.05, 0.1) is 12.5 Å². The van der Waals surface area contributed by atoms with Crippen LogP contribution in [0.2, 0.25) is 0 Å². The van der Waals surface area contributed by atoms with Crippen molar-refractivity contribution in [1.82, 2.24) is 16.0 Å². The van der Waals surface area contributed by atoms with Gasteiger partial charge in [-0.05, 0) is 24.9 Å². The quantitative estimate of drug-likeness (QED) is 0.108. The third kappa shape index (κ3) is 11.8. The normalized spacial score (nSPS) is 14.3. The minimum atomic E-state index is -1.79. The number of hydrogen-bond acceptors (Lipinski definition) is 9. The summed E-state index contributed by atoms with van der Waals surface area (Å²) >= 11 is 5.30. The molecule has 0 aliphatic carbocycles. The molecule has 0 fully saturated rings. The first kappa shape index (κ1) is 29.5. The monoisotopic (exact) mass is 496 g/mol. The van der Waals surface area contributed by atoms with E-state index in [0.717, 1.165) is 0 Å². The van der Waals surface area contributed by atoms with Gasteiger partial charge in [0.15, 0.2) is 0 Å². The molecule has 8 N–H and O–H groups in total. The third-order valence-electron chi connectivity index (χ3n) is 4.05. The van der Waals surface area contributed by atoms with Crippen molar-refractivity contribution in [3.05, 3.63) is 0 Å². The highest BCUT2D eigenvalue weighted by molar-refractivity contribution is 7.98. The molecule has 0 aliphatic rings. The molecule has 0 aromatic rings. The van der Waals surface area contributed by atoms with Crippen LogP contribution in [0.15, 0.2) is 0 Å². The first-order chi connectivity index (χ1) is 14.9. The maximum Gasteiger partial charge on any atom is 0.326 e. The number of carboxylic acid groups (broad SMARTS) is 3. The molecule has 32 heavy (non-hydrogen) atoms. The van der Waals surface area contributed by atoms with Gasteiger partial charge in [-0.2, -0.15) is 24.4 Å². The number of nitrogens with one attached hydrogen (secondary N) is 3. The highest BCUT2D eigenvalue weighted by Crippen LogP contribution is 2.06. The van der Waals surface area contributed by atoms with Crippen LogP contribution < -0.4 is 21.7 Å². The molecule has 0 bridgehead atoms. The van der Waals surface area contributed by atoms with E-state index in [0.29, 0.717) is 5.75 Å². The number of carboxylic acids is 3. The molecule has 0 spiro atoms. The Morgan fingerprint density at radius 3 is 1.78 bits per heavy atom. The molecule has 0 aliphatic heterocycles. The lowest BCUT2D eigenvalue weighted by Gasteiger charge is -2.24. The molecule has 0 rings (SSSR count). The standard InChI is InChI=1S/C17H28N4O9S2/c1-32-5-4-10(19-14(26)8(18)7-31)16(28)20-9(2-3-12(22)23)15(27)21-11(17(29)30)6-13(24)25/h8-11,31H,2-7,18H2,1H3,(H,19,26)(H,20,28)(H,21,27)(H,22,23)(H,24,25)(H,29,30). The molecule has 0 saturated heterocycles. The fourth-order valence-corrected chi connectivity index (χ4v) is 2.96. The van der Waals surface area contributed by atoms with Crippen molar-refractivity contribution in [2.24, 2.45) is 5.73 Å². The number of carbonyl (C=O) groups is 6. The molecular formula is C17H28N4O9S2. The van der Waals surface area contributed by atoms with Crippen LogP contribution in [0.3, 0.4) is 0 Å². The van der Waals surface area contributed by atoms with Gasteiger partial charge in [0.25, 0.3) is 0 Å². The second-order valence-corrected chi connectivity index (χ2v) is 7.97. The predicted octanol–water partition coefficient (Wildman–Crippen LogP) is -2.12. The predicted molar refractivity (Wildman–Crippen MR) is 117 cm³/mol. The zero-order valence-corrected chi connectivity index (χ0v) is 19.0. The molecule has 4 unspecified atom stereocenters. The molecule has 0 heterocycles. The average Bonchev–Trinajstić information content (AvgIpc) is 2.71. The Morgan fingerprint density at radius 2 is 1.34 bits per heavy atom. The average molecular weight is 497 g/mol. The molecule has 0 aromatic carbocycles. The van der Waals surface area contributed by atoms with Crippen LogP contribution in [-0.4, -0.2) is 92.9 Å². The maximum absolute atomic E-state index is 12.7. The van der Waals surface area contributed by atoms with Gasteiger partial charge < -0.3 is 37.0 Å². The van der Waals surface area contributed by atoms with E-state index in [9.17, 15) is 28.8 Å². The summed E-state index contributed by atoms with van der Waals surface area (Å²) in [4.78, 5) is 70.2. The number of carbonyl (C=O) groups excluding carboxylic acids is 3. The van der Waals surface area contributed by atoms with Crippen LogP contribution in [0.5, 0.6) is 0 Å². The summed E-state index contributed by atoms with van der Waals surface area (Å²) in [7, 11) is 0. The van der Waals surface area contributed by atoms with Gasteiger partial charge in [-0.25, -0.2) is 4.79 Å². The van der Waals surface area contributed by atoms with Gasteiger partial charge in [-0.1, -0.05) is 0 Å². The van der Waals surface area contributed by atoms with E-state index in [1.54, 1.807) is 6.26 Å². The van der Waals surface area contributed by atoms with Crippen LogP contribution >= 0.6 is 24.4 Å². The Labute approximate surface area is 193 Å². The van der Waals surface area contributed by atoms with Crippen LogP contribution in [0.4, 0.5) is 0 Å². The third-order valence-corrected chi connectivity index (χ3v) is 5.09. The first-order valence-electron chi connectivity index (χ1n) is 9.35. The van der Waals surface area contributed by atoms with Crippen molar-refractivity contribution >= 4 is 60.0 Å². The lowest BCUT2D eigenvalue weighted by atomic mass is 10.1. The minimum Gasteiger partial charge on any atom is -0.481 e. The lowest BCUT2D eigenvalue weighted by molar-refractivity contribution is -0.147. The van der Waals surface area contributed by atoms with E-state index in [1.807, 2.05) is 5.32 Å². The number of thiol groups is 1. The highest BCUT2D eigenvalue weighted by atomic mass is 32.2. The Balaban J connectivity index is 5.50. The number of hydrogen-bond donors (Lipinski definition) is 8. The summed E-state index contributed by atoms with van der Waals surface area (Å²) in [6.07, 6.45) is 0.0810. The summed E-state index contributed by atoms with van der Waals surface area (Å²) in [6.45, 7) is 0. The van der Waals surface area contributed by atoms with E-state index in [2.05, 4.69) is 23.3 Å². The maximum atomic E-state index is 12.7. The van der Waals surface area contributed by atoms with Crippen LogP contribution in [0, 0.1) is 0 Å². The molecular weight excluding hydrogens is 468 g/mol. The fourth-order valence-electron chi connectivity index (χ4n) is 2.32. The largest absolute Gasteiger partial charge is 0.481 e. The molecule has 182 valence electrons. The summed E-state index contributed by atoms with van der Waals surface area (Å²) in [5, 5.41) is 33.5. The van der Waals surface area contributed by atoms with Gasteiger partial charge in [0.1, 0.15) is 18.1 Å². The summed E-state index contributed by atoms with van der Waals surface area (Å²) in [5.41, 5.74) is 5.59. The number of aliphatic carboxylic acids is 3. The molecule has 15 heteroatoms. The van der Waals surface area contributed by atoms with Crippen molar-refractivity contribution in [3.8, 4) is 0 Å². The van der Waals surface area contributed by atoms with Crippen molar-refractivity contribution in [3.63, 3.8) is 0 Å². The fraction of sp³-hybridized carbons (Fsp3) is 0.647. The summed E-state index contributed by atoms with van der Waals surface area (Å²) in [5.74, 6) is -6.43. The van der Waals surface area contributed by atoms with Gasteiger partial charge in [-0.15, -0.1) is 0 Å². The van der Waals surface area contributed by atoms with E-state index in [-0.39, 0.29) is 12.2 Å². The Kier molecular flexibility index (Phi) is 14.1. The van der Waals surface area contributed by atoms with E-state index in [4.69, 9.17) is 21.1 Å². The topological polar surface area (TPSA) is 225 Å². The molecule has 0 aromatic heterocycles. The van der Waals surface area contributed by atoms with Gasteiger partial charge >= 0.3 is 17.9 Å². The smallest absolute Gasteiger partial charge is 0.326 e. The van der Waals surface area contributed by atoms with Crippen LogP contribution in [0.25, 0.3) is 0 Å². The molecule has 0 radical (unpaired) electrons. The second kappa shape index (κ2) is 15.3. The first-order valence-corrected chi connectivity index (χ1v) is 11.4.